The van der Waals surface area contributed by atoms with Crippen molar-refractivity contribution < 1.29 is 9.53 Å². The Bertz CT molecular complexity index is 896. The Labute approximate surface area is 190 Å². The molecular weight excluding hydrogens is 406 g/mol. The van der Waals surface area contributed by atoms with Gasteiger partial charge in [-0.2, -0.15) is 0 Å². The normalized spacial score (nSPS) is 20.0. The molecule has 1 saturated heterocycles. The van der Waals surface area contributed by atoms with Crippen LogP contribution in [0.25, 0.3) is 0 Å². The van der Waals surface area contributed by atoms with E-state index in [9.17, 15) is 4.79 Å². The van der Waals surface area contributed by atoms with Crippen LogP contribution in [-0.4, -0.2) is 46.6 Å². The van der Waals surface area contributed by atoms with Gasteiger partial charge in [-0.05, 0) is 71.0 Å². The van der Waals surface area contributed by atoms with Gasteiger partial charge in [0, 0.05) is 37.0 Å². The summed E-state index contributed by atoms with van der Waals surface area (Å²) in [5, 5.41) is 3.44. The first-order valence-electron chi connectivity index (χ1n) is 11.5. The van der Waals surface area contributed by atoms with E-state index in [1.54, 1.807) is 11.3 Å². The van der Waals surface area contributed by atoms with Crippen LogP contribution in [0, 0.1) is 0 Å². The molecular formula is C25H35N3O2S. The van der Waals surface area contributed by atoms with E-state index in [-0.39, 0.29) is 6.09 Å². The minimum atomic E-state index is -0.441. The molecule has 5 nitrogen and oxygen atoms in total. The molecule has 0 saturated carbocycles. The lowest BCUT2D eigenvalue weighted by atomic mass is 9.87. The molecule has 1 aliphatic carbocycles. The van der Waals surface area contributed by atoms with Crippen molar-refractivity contribution in [3.63, 3.8) is 0 Å². The zero-order chi connectivity index (χ0) is 22.0. The van der Waals surface area contributed by atoms with Gasteiger partial charge in [0.2, 0.25) is 0 Å². The molecule has 1 aromatic heterocycles. The molecule has 168 valence electrons. The Hall–Kier alpha value is -1.92. The van der Waals surface area contributed by atoms with E-state index in [1.165, 1.54) is 41.1 Å². The highest BCUT2D eigenvalue weighted by atomic mass is 32.1. The molecule has 0 radical (unpaired) electrons. The SMILES string of the molecule is CN(Cc1csc(C2CCN(C(=O)OC(C)(C)C)CC2)n1)C1CCCc2ccccc21. The molecule has 1 atom stereocenters. The molecule has 1 unspecified atom stereocenters. The topological polar surface area (TPSA) is 45.7 Å². The van der Waals surface area contributed by atoms with E-state index in [2.05, 4.69) is 41.6 Å². The predicted molar refractivity (Wildman–Crippen MR) is 125 cm³/mol. The number of ether oxygens (including phenoxy) is 1. The maximum atomic E-state index is 12.3. The largest absolute Gasteiger partial charge is 0.444 e. The van der Waals surface area contributed by atoms with Crippen molar-refractivity contribution in [2.75, 3.05) is 20.1 Å². The van der Waals surface area contributed by atoms with Gasteiger partial charge in [0.05, 0.1) is 10.7 Å². The van der Waals surface area contributed by atoms with Crippen molar-refractivity contribution in [1.29, 1.82) is 0 Å². The molecule has 0 bridgehead atoms. The van der Waals surface area contributed by atoms with Crippen molar-refractivity contribution in [2.45, 2.75) is 77.0 Å². The van der Waals surface area contributed by atoms with Gasteiger partial charge in [-0.15, -0.1) is 11.3 Å². The van der Waals surface area contributed by atoms with Crippen LogP contribution in [0.2, 0.25) is 0 Å². The number of benzene rings is 1. The molecule has 2 heterocycles. The molecule has 1 amide bonds. The van der Waals surface area contributed by atoms with Crippen LogP contribution in [0.4, 0.5) is 4.79 Å². The molecule has 0 spiro atoms. The first-order valence-corrected chi connectivity index (χ1v) is 12.4. The molecule has 31 heavy (non-hydrogen) atoms. The Morgan fingerprint density at radius 3 is 2.71 bits per heavy atom. The molecule has 0 N–H and O–H groups in total. The average Bonchev–Trinajstić information content (AvgIpc) is 3.20. The van der Waals surface area contributed by atoms with Crippen LogP contribution < -0.4 is 0 Å². The third-order valence-corrected chi connectivity index (χ3v) is 7.40. The summed E-state index contributed by atoms with van der Waals surface area (Å²) in [7, 11) is 2.23. The van der Waals surface area contributed by atoms with Gasteiger partial charge in [-0.3, -0.25) is 4.90 Å². The highest BCUT2D eigenvalue weighted by molar-refractivity contribution is 7.09. The van der Waals surface area contributed by atoms with Crippen LogP contribution in [0.5, 0.6) is 0 Å². The number of piperidine rings is 1. The van der Waals surface area contributed by atoms with E-state index in [0.29, 0.717) is 12.0 Å². The number of nitrogens with zero attached hydrogens (tertiary/aromatic N) is 3. The predicted octanol–water partition coefficient (Wildman–Crippen LogP) is 5.77. The Kier molecular flexibility index (Phi) is 6.68. The number of aryl methyl sites for hydroxylation is 1. The van der Waals surface area contributed by atoms with Crippen molar-refractivity contribution >= 4 is 17.4 Å². The molecule has 2 aliphatic rings. The number of carbonyl (C=O) groups excluding carboxylic acids is 1. The summed E-state index contributed by atoms with van der Waals surface area (Å²) in [6, 6.07) is 9.37. The van der Waals surface area contributed by atoms with Crippen LogP contribution in [-0.2, 0) is 17.7 Å². The van der Waals surface area contributed by atoms with Crippen LogP contribution in [0.1, 0.15) is 80.2 Å². The fourth-order valence-electron chi connectivity index (χ4n) is 4.77. The highest BCUT2D eigenvalue weighted by Crippen LogP contribution is 2.35. The summed E-state index contributed by atoms with van der Waals surface area (Å²) < 4.78 is 5.52. The molecule has 2 aromatic rings. The lowest BCUT2D eigenvalue weighted by Gasteiger charge is -2.33. The number of aromatic nitrogens is 1. The quantitative estimate of drug-likeness (QED) is 0.604. The van der Waals surface area contributed by atoms with Gasteiger partial charge < -0.3 is 9.64 Å². The first kappa shape index (κ1) is 22.3. The maximum Gasteiger partial charge on any atom is 0.410 e. The lowest BCUT2D eigenvalue weighted by molar-refractivity contribution is 0.0204. The van der Waals surface area contributed by atoms with Crippen molar-refractivity contribution in [3.8, 4) is 0 Å². The standard InChI is InChI=1S/C25H35N3O2S/c1-25(2,3)30-24(29)28-14-12-19(13-15-28)23-26-20(17-31-23)16-27(4)22-11-7-9-18-8-5-6-10-21(18)22/h5-6,8,10,17,19,22H,7,9,11-16H2,1-4H3. The number of thiazole rings is 1. The second-order valence-electron chi connectivity index (χ2n) is 9.94. The highest BCUT2D eigenvalue weighted by Gasteiger charge is 2.29. The Morgan fingerprint density at radius 2 is 1.97 bits per heavy atom. The number of likely N-dealkylation sites (tertiary alicyclic amines) is 1. The van der Waals surface area contributed by atoms with Gasteiger partial charge in [0.25, 0.3) is 0 Å². The van der Waals surface area contributed by atoms with Crippen molar-refractivity contribution in [1.82, 2.24) is 14.8 Å². The zero-order valence-corrected chi connectivity index (χ0v) is 20.1. The number of amides is 1. The van der Waals surface area contributed by atoms with Gasteiger partial charge in [0.15, 0.2) is 0 Å². The summed E-state index contributed by atoms with van der Waals surface area (Å²) in [6.07, 6.45) is 5.39. The van der Waals surface area contributed by atoms with Gasteiger partial charge >= 0.3 is 6.09 Å². The minimum absolute atomic E-state index is 0.194. The fourth-order valence-corrected chi connectivity index (χ4v) is 5.75. The van der Waals surface area contributed by atoms with Crippen LogP contribution in [0.3, 0.4) is 0 Å². The van der Waals surface area contributed by atoms with Gasteiger partial charge in [-0.1, -0.05) is 24.3 Å². The third-order valence-electron chi connectivity index (χ3n) is 6.35. The number of fused-ring (bicyclic) bond motifs is 1. The van der Waals surface area contributed by atoms with E-state index < -0.39 is 5.60 Å². The third kappa shape index (κ3) is 5.47. The van der Waals surface area contributed by atoms with E-state index in [4.69, 9.17) is 9.72 Å². The van der Waals surface area contributed by atoms with Crippen LogP contribution in [0.15, 0.2) is 29.6 Å². The number of carbonyl (C=O) groups is 1. The van der Waals surface area contributed by atoms with E-state index >= 15 is 0 Å². The van der Waals surface area contributed by atoms with Crippen molar-refractivity contribution in [2.24, 2.45) is 0 Å². The molecule has 1 aliphatic heterocycles. The number of hydrogen-bond acceptors (Lipinski definition) is 5. The monoisotopic (exact) mass is 441 g/mol. The Morgan fingerprint density at radius 1 is 1.23 bits per heavy atom. The summed E-state index contributed by atoms with van der Waals surface area (Å²) in [5.41, 5.74) is 3.71. The lowest BCUT2D eigenvalue weighted by Crippen LogP contribution is -2.41. The molecule has 1 aromatic carbocycles. The second kappa shape index (κ2) is 9.29. The Balaban J connectivity index is 1.33. The number of rotatable bonds is 4. The van der Waals surface area contributed by atoms with Crippen molar-refractivity contribution in [3.05, 3.63) is 51.5 Å². The molecule has 6 heteroatoms. The molecule has 1 fully saturated rings. The zero-order valence-electron chi connectivity index (χ0n) is 19.3. The van der Waals surface area contributed by atoms with E-state index in [0.717, 1.165) is 32.5 Å². The fraction of sp³-hybridized carbons (Fsp3) is 0.600. The maximum absolute atomic E-state index is 12.3. The van der Waals surface area contributed by atoms with Crippen LogP contribution >= 0.6 is 11.3 Å². The summed E-state index contributed by atoms with van der Waals surface area (Å²) >= 11 is 1.78. The van der Waals surface area contributed by atoms with E-state index in [1.807, 2.05) is 25.7 Å². The number of hydrogen-bond donors (Lipinski definition) is 0. The van der Waals surface area contributed by atoms with Gasteiger partial charge in [0.1, 0.15) is 5.60 Å². The smallest absolute Gasteiger partial charge is 0.410 e. The summed E-state index contributed by atoms with van der Waals surface area (Å²) in [4.78, 5) is 21.6. The second-order valence-corrected chi connectivity index (χ2v) is 10.8. The summed E-state index contributed by atoms with van der Waals surface area (Å²) in [6.45, 7) is 8.11. The molecule has 4 rings (SSSR count). The van der Waals surface area contributed by atoms with Gasteiger partial charge in [-0.25, -0.2) is 9.78 Å². The summed E-state index contributed by atoms with van der Waals surface area (Å²) in [5.74, 6) is 0.443. The average molecular weight is 442 g/mol. The minimum Gasteiger partial charge on any atom is -0.444 e. The first-order chi connectivity index (χ1) is 14.8.